The fourth-order valence-corrected chi connectivity index (χ4v) is 1.43. The van der Waals surface area contributed by atoms with E-state index in [4.69, 9.17) is 4.74 Å². The van der Waals surface area contributed by atoms with Crippen molar-refractivity contribution in [3.05, 3.63) is 35.4 Å². The van der Waals surface area contributed by atoms with Gasteiger partial charge >= 0.3 is 6.09 Å². The van der Waals surface area contributed by atoms with Crippen LogP contribution in [-0.4, -0.2) is 19.2 Å². The predicted octanol–water partition coefficient (Wildman–Crippen LogP) is 2.54. The van der Waals surface area contributed by atoms with Crippen molar-refractivity contribution < 1.29 is 9.53 Å². The van der Waals surface area contributed by atoms with Crippen molar-refractivity contribution in [2.24, 2.45) is 0 Å². The number of rotatable bonds is 5. The number of benzene rings is 1. The van der Waals surface area contributed by atoms with E-state index in [1.807, 2.05) is 0 Å². The molecule has 1 amide bonds. The molecule has 1 rings (SSSR count). The first-order chi connectivity index (χ1) is 7.76. The van der Waals surface area contributed by atoms with Crippen molar-refractivity contribution in [3.63, 3.8) is 0 Å². The van der Waals surface area contributed by atoms with Crippen LogP contribution in [0.3, 0.4) is 0 Å². The van der Waals surface area contributed by atoms with Gasteiger partial charge in [-0.2, -0.15) is 0 Å². The van der Waals surface area contributed by atoms with Gasteiger partial charge in [0.1, 0.15) is 0 Å². The molecule has 0 aliphatic carbocycles. The van der Waals surface area contributed by atoms with Crippen LogP contribution in [0, 0.1) is 0 Å². The third-order valence-corrected chi connectivity index (χ3v) is 2.39. The van der Waals surface area contributed by atoms with E-state index in [0.29, 0.717) is 13.2 Å². The second-order valence-electron chi connectivity index (χ2n) is 3.57. The van der Waals surface area contributed by atoms with Gasteiger partial charge in [0.25, 0.3) is 0 Å². The minimum Gasteiger partial charge on any atom is -0.450 e. The summed E-state index contributed by atoms with van der Waals surface area (Å²) in [5.74, 6) is 0. The quantitative estimate of drug-likeness (QED) is 0.829. The molecule has 0 radical (unpaired) electrons. The normalized spacial score (nSPS) is 9.88. The van der Waals surface area contributed by atoms with Crippen molar-refractivity contribution in [1.82, 2.24) is 5.32 Å². The summed E-state index contributed by atoms with van der Waals surface area (Å²) in [7, 11) is 0. The lowest BCUT2D eigenvalue weighted by molar-refractivity contribution is 0.152. The number of nitrogens with one attached hydrogen (secondary N) is 1. The number of hydrogen-bond acceptors (Lipinski definition) is 2. The molecule has 1 aromatic carbocycles. The summed E-state index contributed by atoms with van der Waals surface area (Å²) < 4.78 is 4.77. The van der Waals surface area contributed by atoms with Crippen molar-refractivity contribution in [3.8, 4) is 0 Å². The maximum absolute atomic E-state index is 11.0. The van der Waals surface area contributed by atoms with Crippen LogP contribution in [0.1, 0.15) is 25.0 Å². The number of alkyl carbamates (subject to hydrolysis) is 1. The summed E-state index contributed by atoms with van der Waals surface area (Å²) in [4.78, 5) is 11.0. The largest absolute Gasteiger partial charge is 0.450 e. The molecule has 0 aliphatic heterocycles. The van der Waals surface area contributed by atoms with E-state index in [2.05, 4.69) is 36.5 Å². The lowest BCUT2D eigenvalue weighted by atomic mass is 10.1. The molecule has 0 atom stereocenters. The van der Waals surface area contributed by atoms with Crippen molar-refractivity contribution >= 4 is 6.09 Å². The Hall–Kier alpha value is -1.51. The molecule has 0 saturated carbocycles. The summed E-state index contributed by atoms with van der Waals surface area (Å²) in [6.45, 7) is 4.96. The minimum atomic E-state index is -0.340. The number of hydrogen-bond donors (Lipinski definition) is 1. The molecule has 0 aliphatic rings. The van der Waals surface area contributed by atoms with Gasteiger partial charge in [-0.05, 0) is 30.9 Å². The van der Waals surface area contributed by atoms with Gasteiger partial charge in [0.05, 0.1) is 6.61 Å². The van der Waals surface area contributed by atoms with Crippen LogP contribution in [0.25, 0.3) is 0 Å². The molecule has 0 spiro atoms. The van der Waals surface area contributed by atoms with Crippen LogP contribution >= 0.6 is 0 Å². The Morgan fingerprint density at radius 2 is 1.81 bits per heavy atom. The molecule has 0 bridgehead atoms. The number of ether oxygens (including phenoxy) is 1. The van der Waals surface area contributed by atoms with E-state index in [-0.39, 0.29) is 6.09 Å². The highest BCUT2D eigenvalue weighted by Crippen LogP contribution is 2.05. The van der Waals surface area contributed by atoms with Crippen molar-refractivity contribution in [2.75, 3.05) is 13.2 Å². The van der Waals surface area contributed by atoms with E-state index < -0.39 is 0 Å². The zero-order valence-corrected chi connectivity index (χ0v) is 9.95. The molecular weight excluding hydrogens is 202 g/mol. The molecule has 0 fully saturated rings. The molecule has 0 aromatic heterocycles. The zero-order chi connectivity index (χ0) is 11.8. The summed E-state index contributed by atoms with van der Waals surface area (Å²) in [6, 6.07) is 8.46. The molecule has 0 heterocycles. The Kier molecular flexibility index (Phi) is 5.40. The predicted molar refractivity (Wildman–Crippen MR) is 64.5 cm³/mol. The summed E-state index contributed by atoms with van der Waals surface area (Å²) in [6.07, 6.45) is 1.55. The van der Waals surface area contributed by atoms with Crippen LogP contribution in [-0.2, 0) is 17.6 Å². The van der Waals surface area contributed by atoms with Gasteiger partial charge in [-0.1, -0.05) is 31.2 Å². The summed E-state index contributed by atoms with van der Waals surface area (Å²) >= 11 is 0. The monoisotopic (exact) mass is 221 g/mol. The highest BCUT2D eigenvalue weighted by molar-refractivity contribution is 5.67. The van der Waals surface area contributed by atoms with E-state index >= 15 is 0 Å². The molecular formula is C13H19NO2. The SMILES string of the molecule is CCOC(=O)NCCc1ccc(CC)cc1. The summed E-state index contributed by atoms with van der Waals surface area (Å²) in [5.41, 5.74) is 2.57. The number of carbonyl (C=O) groups is 1. The fourth-order valence-electron chi connectivity index (χ4n) is 1.43. The van der Waals surface area contributed by atoms with Gasteiger partial charge in [0.2, 0.25) is 0 Å². The molecule has 3 heteroatoms. The third kappa shape index (κ3) is 4.34. The standard InChI is InChI=1S/C13H19NO2/c1-3-11-5-7-12(8-6-11)9-10-14-13(15)16-4-2/h5-8H,3-4,9-10H2,1-2H3,(H,14,15). The average molecular weight is 221 g/mol. The lowest BCUT2D eigenvalue weighted by Crippen LogP contribution is -2.26. The number of carbonyl (C=O) groups excluding carboxylic acids is 1. The van der Waals surface area contributed by atoms with Crippen LogP contribution in [0.4, 0.5) is 4.79 Å². The molecule has 1 aromatic rings. The van der Waals surface area contributed by atoms with E-state index in [1.165, 1.54) is 11.1 Å². The van der Waals surface area contributed by atoms with Gasteiger partial charge < -0.3 is 10.1 Å². The number of aryl methyl sites for hydroxylation is 1. The Labute approximate surface area is 96.8 Å². The van der Waals surface area contributed by atoms with E-state index in [9.17, 15) is 4.79 Å². The second-order valence-corrected chi connectivity index (χ2v) is 3.57. The van der Waals surface area contributed by atoms with E-state index in [1.54, 1.807) is 6.92 Å². The van der Waals surface area contributed by atoms with Crippen LogP contribution in [0.5, 0.6) is 0 Å². The Balaban J connectivity index is 2.29. The maximum Gasteiger partial charge on any atom is 0.407 e. The van der Waals surface area contributed by atoms with Crippen LogP contribution in [0.15, 0.2) is 24.3 Å². The van der Waals surface area contributed by atoms with Crippen molar-refractivity contribution in [1.29, 1.82) is 0 Å². The second kappa shape index (κ2) is 6.88. The topological polar surface area (TPSA) is 38.3 Å². The van der Waals surface area contributed by atoms with Crippen LogP contribution < -0.4 is 5.32 Å². The first-order valence-electron chi connectivity index (χ1n) is 5.74. The van der Waals surface area contributed by atoms with Gasteiger partial charge in [-0.3, -0.25) is 0 Å². The van der Waals surface area contributed by atoms with Gasteiger partial charge in [-0.25, -0.2) is 4.79 Å². The minimum absolute atomic E-state index is 0.340. The zero-order valence-electron chi connectivity index (χ0n) is 9.95. The van der Waals surface area contributed by atoms with Gasteiger partial charge in [-0.15, -0.1) is 0 Å². The molecule has 1 N–H and O–H groups in total. The van der Waals surface area contributed by atoms with Gasteiger partial charge in [0.15, 0.2) is 0 Å². The highest BCUT2D eigenvalue weighted by atomic mass is 16.5. The Morgan fingerprint density at radius 1 is 1.19 bits per heavy atom. The smallest absolute Gasteiger partial charge is 0.407 e. The Bertz CT molecular complexity index is 319. The molecule has 0 unspecified atom stereocenters. The first-order valence-corrected chi connectivity index (χ1v) is 5.74. The lowest BCUT2D eigenvalue weighted by Gasteiger charge is -2.05. The highest BCUT2D eigenvalue weighted by Gasteiger charge is 1.99. The molecule has 16 heavy (non-hydrogen) atoms. The third-order valence-electron chi connectivity index (χ3n) is 2.39. The van der Waals surface area contributed by atoms with Crippen molar-refractivity contribution in [2.45, 2.75) is 26.7 Å². The fraction of sp³-hybridized carbons (Fsp3) is 0.462. The van der Waals surface area contributed by atoms with Crippen LogP contribution in [0.2, 0.25) is 0 Å². The van der Waals surface area contributed by atoms with Gasteiger partial charge in [0, 0.05) is 6.54 Å². The van der Waals surface area contributed by atoms with E-state index in [0.717, 1.165) is 12.8 Å². The summed E-state index contributed by atoms with van der Waals surface area (Å²) in [5, 5.41) is 2.70. The first kappa shape index (κ1) is 12.6. The molecule has 3 nitrogen and oxygen atoms in total. The molecule has 88 valence electrons. The number of amides is 1. The maximum atomic E-state index is 11.0. The average Bonchev–Trinajstić information content (AvgIpc) is 2.30. The Morgan fingerprint density at radius 3 is 2.38 bits per heavy atom. The molecule has 0 saturated heterocycles.